The number of aryl methyl sites for hydroxylation is 2. The molecule has 0 aromatic heterocycles. The molecule has 0 saturated heterocycles. The molecule has 0 fully saturated rings. The van der Waals surface area contributed by atoms with Gasteiger partial charge in [0.1, 0.15) is 11.6 Å². The Morgan fingerprint density at radius 2 is 1.90 bits per heavy atom. The first kappa shape index (κ1) is 14.1. The van der Waals surface area contributed by atoms with Crippen molar-refractivity contribution in [1.82, 2.24) is 0 Å². The van der Waals surface area contributed by atoms with E-state index in [9.17, 15) is 9.18 Å². The van der Waals surface area contributed by atoms with E-state index in [0.29, 0.717) is 17.0 Å². The van der Waals surface area contributed by atoms with Crippen LogP contribution in [0.4, 0.5) is 10.1 Å². The van der Waals surface area contributed by atoms with Crippen molar-refractivity contribution in [2.75, 3.05) is 11.9 Å². The normalized spacial score (nSPS) is 10.2. The van der Waals surface area contributed by atoms with Crippen LogP contribution in [-0.4, -0.2) is 12.5 Å². The zero-order valence-electron chi connectivity index (χ0n) is 11.4. The van der Waals surface area contributed by atoms with Gasteiger partial charge in [-0.1, -0.05) is 18.2 Å². The van der Waals surface area contributed by atoms with Crippen LogP contribution < -0.4 is 10.1 Å². The summed E-state index contributed by atoms with van der Waals surface area (Å²) < 4.78 is 18.4. The maximum atomic E-state index is 13.0. The van der Waals surface area contributed by atoms with Gasteiger partial charge in [0.15, 0.2) is 6.61 Å². The number of benzene rings is 2. The van der Waals surface area contributed by atoms with E-state index in [1.807, 2.05) is 31.2 Å². The van der Waals surface area contributed by atoms with E-state index >= 15 is 0 Å². The lowest BCUT2D eigenvalue weighted by atomic mass is 10.2. The Labute approximate surface area is 117 Å². The molecular formula is C16H16FNO2. The van der Waals surface area contributed by atoms with Gasteiger partial charge in [-0.05, 0) is 49.2 Å². The lowest BCUT2D eigenvalue weighted by Crippen LogP contribution is -2.20. The average molecular weight is 273 g/mol. The predicted molar refractivity (Wildman–Crippen MR) is 76.4 cm³/mol. The van der Waals surface area contributed by atoms with E-state index in [1.165, 1.54) is 18.2 Å². The summed E-state index contributed by atoms with van der Waals surface area (Å²) in [6.45, 7) is 3.57. The summed E-state index contributed by atoms with van der Waals surface area (Å²) in [6.07, 6.45) is 0. The van der Waals surface area contributed by atoms with Gasteiger partial charge in [-0.25, -0.2) is 4.39 Å². The number of para-hydroxylation sites is 1. The van der Waals surface area contributed by atoms with Gasteiger partial charge in [0.2, 0.25) is 0 Å². The van der Waals surface area contributed by atoms with Gasteiger partial charge in [-0.3, -0.25) is 4.79 Å². The second kappa shape index (κ2) is 6.19. The van der Waals surface area contributed by atoms with Gasteiger partial charge in [0.25, 0.3) is 5.91 Å². The fourth-order valence-electron chi connectivity index (χ4n) is 1.82. The molecule has 20 heavy (non-hydrogen) atoms. The van der Waals surface area contributed by atoms with Crippen molar-refractivity contribution in [1.29, 1.82) is 0 Å². The summed E-state index contributed by atoms with van der Waals surface area (Å²) in [5.41, 5.74) is 2.23. The number of rotatable bonds is 4. The quantitative estimate of drug-likeness (QED) is 0.926. The van der Waals surface area contributed by atoms with Crippen molar-refractivity contribution in [3.63, 3.8) is 0 Å². The van der Waals surface area contributed by atoms with Crippen LogP contribution in [0.5, 0.6) is 5.75 Å². The van der Waals surface area contributed by atoms with Crippen molar-refractivity contribution >= 4 is 11.6 Å². The molecule has 2 rings (SSSR count). The number of ether oxygens (including phenoxy) is 1. The third kappa shape index (κ3) is 3.57. The molecule has 0 saturated carbocycles. The van der Waals surface area contributed by atoms with E-state index in [1.54, 1.807) is 6.92 Å². The van der Waals surface area contributed by atoms with Crippen LogP contribution in [-0.2, 0) is 4.79 Å². The Morgan fingerprint density at radius 3 is 2.60 bits per heavy atom. The van der Waals surface area contributed by atoms with Crippen molar-refractivity contribution in [3.05, 3.63) is 59.4 Å². The van der Waals surface area contributed by atoms with Crippen LogP contribution in [0, 0.1) is 19.7 Å². The molecule has 4 heteroatoms. The lowest BCUT2D eigenvalue weighted by molar-refractivity contribution is -0.118. The van der Waals surface area contributed by atoms with Crippen molar-refractivity contribution in [2.45, 2.75) is 13.8 Å². The zero-order chi connectivity index (χ0) is 14.5. The number of hydrogen-bond acceptors (Lipinski definition) is 2. The molecule has 104 valence electrons. The number of halogens is 1. The topological polar surface area (TPSA) is 38.3 Å². The zero-order valence-corrected chi connectivity index (χ0v) is 11.4. The van der Waals surface area contributed by atoms with Crippen LogP contribution >= 0.6 is 0 Å². The summed E-state index contributed by atoms with van der Waals surface area (Å²) >= 11 is 0. The highest BCUT2D eigenvalue weighted by atomic mass is 19.1. The van der Waals surface area contributed by atoms with Crippen LogP contribution in [0.2, 0.25) is 0 Å². The fraction of sp³-hybridized carbons (Fsp3) is 0.188. The molecule has 1 N–H and O–H groups in total. The minimum absolute atomic E-state index is 0.0817. The molecule has 0 bridgehead atoms. The third-order valence-corrected chi connectivity index (χ3v) is 2.91. The highest BCUT2D eigenvalue weighted by Gasteiger charge is 2.07. The molecule has 2 aromatic carbocycles. The third-order valence-electron chi connectivity index (χ3n) is 2.91. The first-order valence-electron chi connectivity index (χ1n) is 6.30. The molecule has 0 atom stereocenters. The number of amides is 1. The Balaban J connectivity index is 1.94. The van der Waals surface area contributed by atoms with E-state index in [-0.39, 0.29) is 18.3 Å². The average Bonchev–Trinajstić information content (AvgIpc) is 2.41. The molecule has 2 aromatic rings. The number of hydrogen-bond donors (Lipinski definition) is 1. The van der Waals surface area contributed by atoms with Crippen LogP contribution in [0.15, 0.2) is 42.5 Å². The van der Waals surface area contributed by atoms with E-state index in [2.05, 4.69) is 5.32 Å². The Morgan fingerprint density at radius 1 is 1.15 bits per heavy atom. The largest absolute Gasteiger partial charge is 0.483 e. The fourth-order valence-corrected chi connectivity index (χ4v) is 1.82. The molecule has 0 heterocycles. The smallest absolute Gasteiger partial charge is 0.262 e. The maximum Gasteiger partial charge on any atom is 0.262 e. The molecule has 0 radical (unpaired) electrons. The molecule has 0 aliphatic rings. The van der Waals surface area contributed by atoms with Crippen LogP contribution in [0.3, 0.4) is 0 Å². The molecule has 1 amide bonds. The van der Waals surface area contributed by atoms with E-state index in [0.717, 1.165) is 5.56 Å². The van der Waals surface area contributed by atoms with Gasteiger partial charge in [-0.15, -0.1) is 0 Å². The molecule has 0 aliphatic heterocycles. The number of nitrogens with one attached hydrogen (secondary N) is 1. The van der Waals surface area contributed by atoms with Gasteiger partial charge >= 0.3 is 0 Å². The molecule has 3 nitrogen and oxygen atoms in total. The highest BCUT2D eigenvalue weighted by Crippen LogP contribution is 2.17. The predicted octanol–water partition coefficient (Wildman–Crippen LogP) is 3.46. The standard InChI is InChI=1S/C16H16FNO2/c1-11-5-3-4-6-15(11)20-10-16(19)18-14-8-7-13(17)9-12(14)2/h3-9H,10H2,1-2H3,(H,18,19). The summed E-state index contributed by atoms with van der Waals surface area (Å²) in [7, 11) is 0. The summed E-state index contributed by atoms with van der Waals surface area (Å²) in [5.74, 6) is 0.0816. The van der Waals surface area contributed by atoms with Crippen LogP contribution in [0.1, 0.15) is 11.1 Å². The second-order valence-corrected chi connectivity index (χ2v) is 4.56. The van der Waals surface area contributed by atoms with E-state index < -0.39 is 0 Å². The summed E-state index contributed by atoms with van der Waals surface area (Å²) in [6, 6.07) is 11.7. The van der Waals surface area contributed by atoms with Crippen molar-refractivity contribution in [2.24, 2.45) is 0 Å². The molecular weight excluding hydrogens is 257 g/mol. The molecule has 0 spiro atoms. The Hall–Kier alpha value is -2.36. The minimum Gasteiger partial charge on any atom is -0.483 e. The van der Waals surface area contributed by atoms with Crippen molar-refractivity contribution < 1.29 is 13.9 Å². The van der Waals surface area contributed by atoms with E-state index in [4.69, 9.17) is 4.74 Å². The van der Waals surface area contributed by atoms with Gasteiger partial charge in [0.05, 0.1) is 0 Å². The van der Waals surface area contributed by atoms with Gasteiger partial charge in [0, 0.05) is 5.69 Å². The van der Waals surface area contributed by atoms with Crippen molar-refractivity contribution in [3.8, 4) is 5.75 Å². The summed E-state index contributed by atoms with van der Waals surface area (Å²) in [4.78, 5) is 11.8. The SMILES string of the molecule is Cc1cc(F)ccc1NC(=O)COc1ccccc1C. The van der Waals surface area contributed by atoms with Crippen LogP contribution in [0.25, 0.3) is 0 Å². The highest BCUT2D eigenvalue weighted by molar-refractivity contribution is 5.92. The molecule has 0 aliphatic carbocycles. The second-order valence-electron chi connectivity index (χ2n) is 4.56. The maximum absolute atomic E-state index is 13.0. The first-order valence-corrected chi connectivity index (χ1v) is 6.30. The number of anilines is 1. The van der Waals surface area contributed by atoms with Gasteiger partial charge < -0.3 is 10.1 Å². The monoisotopic (exact) mass is 273 g/mol. The minimum atomic E-state index is -0.323. The molecule has 0 unspecified atom stereocenters. The Bertz CT molecular complexity index is 626. The first-order chi connectivity index (χ1) is 9.56. The summed E-state index contributed by atoms with van der Waals surface area (Å²) in [5, 5.41) is 2.70. The number of carbonyl (C=O) groups is 1. The number of carbonyl (C=O) groups excluding carboxylic acids is 1. The lowest BCUT2D eigenvalue weighted by Gasteiger charge is -2.10. The Kier molecular flexibility index (Phi) is 4.35. The van der Waals surface area contributed by atoms with Gasteiger partial charge in [-0.2, -0.15) is 0 Å².